The van der Waals surface area contributed by atoms with Gasteiger partial charge >= 0.3 is 0 Å². The fourth-order valence-electron chi connectivity index (χ4n) is 3.02. The molecule has 0 aliphatic heterocycles. The Bertz CT molecular complexity index is 479. The molecule has 3 nitrogen and oxygen atoms in total. The number of halogens is 1. The smallest absolute Gasteiger partial charge is 0.173 e. The summed E-state index contributed by atoms with van der Waals surface area (Å²) in [5, 5.41) is 0. The van der Waals surface area contributed by atoms with Gasteiger partial charge in [-0.2, -0.15) is 0 Å². The quantitative estimate of drug-likeness (QED) is 0.679. The van der Waals surface area contributed by atoms with Crippen molar-refractivity contribution >= 4 is 5.78 Å². The summed E-state index contributed by atoms with van der Waals surface area (Å²) in [5.41, 5.74) is 5.43. The average Bonchev–Trinajstić information content (AvgIpc) is 2.72. The number of nitrogens with two attached hydrogens (primary N) is 1. The molecule has 0 atom stereocenters. The molecule has 1 aromatic carbocycles. The van der Waals surface area contributed by atoms with Crippen molar-refractivity contribution in [2.45, 2.75) is 38.5 Å². The van der Waals surface area contributed by atoms with Crippen molar-refractivity contribution < 1.29 is 13.9 Å². The van der Waals surface area contributed by atoms with Crippen molar-refractivity contribution in [3.05, 3.63) is 29.6 Å². The molecule has 0 saturated heterocycles. The SMILES string of the molecule is COc1ccc(C(=O)C2(CN)CCCCCC2)c(F)c1. The van der Waals surface area contributed by atoms with Gasteiger partial charge in [0.25, 0.3) is 0 Å². The Morgan fingerprint density at radius 2 is 1.95 bits per heavy atom. The van der Waals surface area contributed by atoms with Gasteiger partial charge in [-0.3, -0.25) is 4.79 Å². The predicted molar refractivity (Wildman–Crippen MR) is 76.5 cm³/mol. The molecule has 0 spiro atoms. The van der Waals surface area contributed by atoms with E-state index in [-0.39, 0.29) is 17.9 Å². The highest BCUT2D eigenvalue weighted by Crippen LogP contribution is 2.38. The van der Waals surface area contributed by atoms with E-state index < -0.39 is 11.2 Å². The third-order valence-corrected chi connectivity index (χ3v) is 4.35. The summed E-state index contributed by atoms with van der Waals surface area (Å²) in [6.45, 7) is 0.289. The first kappa shape index (κ1) is 15.0. The van der Waals surface area contributed by atoms with Crippen LogP contribution in [0.25, 0.3) is 0 Å². The maximum absolute atomic E-state index is 14.1. The van der Waals surface area contributed by atoms with Crippen LogP contribution >= 0.6 is 0 Å². The standard InChI is InChI=1S/C16H22FNO2/c1-20-12-6-7-13(14(17)10-12)15(19)16(11-18)8-4-2-3-5-9-16/h6-7,10H,2-5,8-9,11,18H2,1H3. The predicted octanol–water partition coefficient (Wildman–Crippen LogP) is 3.32. The molecule has 2 N–H and O–H groups in total. The first-order valence-corrected chi connectivity index (χ1v) is 7.21. The number of rotatable bonds is 4. The maximum Gasteiger partial charge on any atom is 0.173 e. The third-order valence-electron chi connectivity index (χ3n) is 4.35. The molecular weight excluding hydrogens is 257 g/mol. The largest absolute Gasteiger partial charge is 0.497 e. The molecule has 1 aliphatic rings. The summed E-state index contributed by atoms with van der Waals surface area (Å²) >= 11 is 0. The van der Waals surface area contributed by atoms with E-state index in [1.807, 2.05) is 0 Å². The minimum absolute atomic E-state index is 0.137. The second kappa shape index (κ2) is 6.35. The third kappa shape index (κ3) is 2.85. The molecule has 0 aromatic heterocycles. The number of ketones is 1. The van der Waals surface area contributed by atoms with Crippen molar-refractivity contribution in [1.82, 2.24) is 0 Å². The van der Waals surface area contributed by atoms with Gasteiger partial charge in [0, 0.05) is 18.0 Å². The van der Waals surface area contributed by atoms with Gasteiger partial charge in [0.05, 0.1) is 12.7 Å². The number of Topliss-reactive ketones (excluding diaryl/α,β-unsaturated/α-hetero) is 1. The molecule has 0 amide bonds. The van der Waals surface area contributed by atoms with E-state index in [0.717, 1.165) is 38.5 Å². The highest BCUT2D eigenvalue weighted by atomic mass is 19.1. The van der Waals surface area contributed by atoms with Gasteiger partial charge in [-0.1, -0.05) is 25.7 Å². The number of hydrogen-bond donors (Lipinski definition) is 1. The Kier molecular flexibility index (Phi) is 4.76. The average molecular weight is 279 g/mol. The molecule has 4 heteroatoms. The minimum atomic E-state index is -0.591. The van der Waals surface area contributed by atoms with E-state index in [1.54, 1.807) is 6.07 Å². The molecule has 1 saturated carbocycles. The summed E-state index contributed by atoms with van der Waals surface area (Å²) in [5.74, 6) is -0.254. The molecule has 2 rings (SSSR count). The summed E-state index contributed by atoms with van der Waals surface area (Å²) in [7, 11) is 1.48. The molecule has 1 fully saturated rings. The Morgan fingerprint density at radius 3 is 2.45 bits per heavy atom. The van der Waals surface area contributed by atoms with Gasteiger partial charge in [-0.25, -0.2) is 4.39 Å². The van der Waals surface area contributed by atoms with Gasteiger partial charge in [0.2, 0.25) is 0 Å². The lowest BCUT2D eigenvalue weighted by atomic mass is 9.74. The first-order valence-electron chi connectivity index (χ1n) is 7.21. The van der Waals surface area contributed by atoms with Gasteiger partial charge in [0.1, 0.15) is 11.6 Å². The molecule has 0 radical (unpaired) electrons. The number of carbonyl (C=O) groups excluding carboxylic acids is 1. The van der Waals surface area contributed by atoms with E-state index in [4.69, 9.17) is 10.5 Å². The maximum atomic E-state index is 14.1. The molecule has 0 heterocycles. The Morgan fingerprint density at radius 1 is 1.30 bits per heavy atom. The normalized spacial score (nSPS) is 18.4. The molecule has 1 aliphatic carbocycles. The van der Waals surface area contributed by atoms with Crippen molar-refractivity contribution in [1.29, 1.82) is 0 Å². The topological polar surface area (TPSA) is 52.3 Å². The van der Waals surface area contributed by atoms with Crippen LogP contribution in [0.3, 0.4) is 0 Å². The summed E-state index contributed by atoms with van der Waals surface area (Å²) in [6.07, 6.45) is 5.74. The highest BCUT2D eigenvalue weighted by Gasteiger charge is 2.38. The fourth-order valence-corrected chi connectivity index (χ4v) is 3.02. The van der Waals surface area contributed by atoms with Crippen LogP contribution in [0, 0.1) is 11.2 Å². The Labute approximate surface area is 119 Å². The van der Waals surface area contributed by atoms with Crippen molar-refractivity contribution in [3.8, 4) is 5.75 Å². The fraction of sp³-hybridized carbons (Fsp3) is 0.562. The lowest BCUT2D eigenvalue weighted by molar-refractivity contribution is 0.0769. The monoisotopic (exact) mass is 279 g/mol. The zero-order valence-corrected chi connectivity index (χ0v) is 12.0. The van der Waals surface area contributed by atoms with E-state index in [2.05, 4.69) is 0 Å². The summed E-state index contributed by atoms with van der Waals surface area (Å²) in [4.78, 5) is 12.8. The highest BCUT2D eigenvalue weighted by molar-refractivity contribution is 6.01. The number of carbonyl (C=O) groups is 1. The van der Waals surface area contributed by atoms with Gasteiger partial charge in [-0.15, -0.1) is 0 Å². The molecule has 0 bridgehead atoms. The zero-order chi connectivity index (χ0) is 14.6. The number of ether oxygens (including phenoxy) is 1. The van der Waals surface area contributed by atoms with Crippen LogP contribution in [0.5, 0.6) is 5.75 Å². The first-order chi connectivity index (χ1) is 9.63. The lowest BCUT2D eigenvalue weighted by Gasteiger charge is -2.30. The van der Waals surface area contributed by atoms with Crippen LogP contribution in [0.2, 0.25) is 0 Å². The van der Waals surface area contributed by atoms with Crippen LogP contribution in [-0.2, 0) is 0 Å². The van der Waals surface area contributed by atoms with Gasteiger partial charge < -0.3 is 10.5 Å². The van der Waals surface area contributed by atoms with Crippen LogP contribution in [0.1, 0.15) is 48.9 Å². The molecule has 20 heavy (non-hydrogen) atoms. The van der Waals surface area contributed by atoms with Gasteiger partial charge in [0.15, 0.2) is 5.78 Å². The van der Waals surface area contributed by atoms with E-state index >= 15 is 0 Å². The molecule has 1 aromatic rings. The van der Waals surface area contributed by atoms with E-state index in [1.165, 1.54) is 19.2 Å². The van der Waals surface area contributed by atoms with Crippen molar-refractivity contribution in [2.24, 2.45) is 11.1 Å². The Balaban J connectivity index is 2.32. The second-order valence-corrected chi connectivity index (χ2v) is 5.57. The number of hydrogen-bond acceptors (Lipinski definition) is 3. The van der Waals surface area contributed by atoms with Gasteiger partial charge in [-0.05, 0) is 25.0 Å². The van der Waals surface area contributed by atoms with Crippen LogP contribution in [-0.4, -0.2) is 19.4 Å². The Hall–Kier alpha value is -1.42. The summed E-state index contributed by atoms with van der Waals surface area (Å²) < 4.78 is 19.1. The molecular formula is C16H22FNO2. The van der Waals surface area contributed by atoms with Crippen LogP contribution in [0.15, 0.2) is 18.2 Å². The lowest BCUT2D eigenvalue weighted by Crippen LogP contribution is -2.38. The number of benzene rings is 1. The van der Waals surface area contributed by atoms with Crippen LogP contribution < -0.4 is 10.5 Å². The minimum Gasteiger partial charge on any atom is -0.497 e. The summed E-state index contributed by atoms with van der Waals surface area (Å²) in [6, 6.07) is 4.39. The van der Waals surface area contributed by atoms with E-state index in [0.29, 0.717) is 5.75 Å². The zero-order valence-electron chi connectivity index (χ0n) is 12.0. The molecule has 0 unspecified atom stereocenters. The second-order valence-electron chi connectivity index (χ2n) is 5.57. The van der Waals surface area contributed by atoms with E-state index in [9.17, 15) is 9.18 Å². The molecule has 110 valence electrons. The van der Waals surface area contributed by atoms with Crippen molar-refractivity contribution in [2.75, 3.05) is 13.7 Å². The van der Waals surface area contributed by atoms with Crippen LogP contribution in [0.4, 0.5) is 4.39 Å². The number of methoxy groups -OCH3 is 1. The van der Waals surface area contributed by atoms with Crippen molar-refractivity contribution in [3.63, 3.8) is 0 Å².